The van der Waals surface area contributed by atoms with E-state index in [1.165, 1.54) is 58.2 Å². The fraction of sp³-hybridized carbons (Fsp3) is 1.00. The van der Waals surface area contributed by atoms with Crippen molar-refractivity contribution >= 4 is 0 Å². The standard InChI is InChI=1S/C15H33N3/c1-4-18(5-2)12-6-7-13(3)17-15-10-8-14(16)9-11-15/h13-15,17H,4-12,16H2,1-3H3. The molecule has 0 amide bonds. The molecule has 0 aromatic carbocycles. The Bertz CT molecular complexity index is 196. The second-order valence-corrected chi connectivity index (χ2v) is 5.85. The molecule has 3 nitrogen and oxygen atoms in total. The molecule has 0 aliphatic heterocycles. The summed E-state index contributed by atoms with van der Waals surface area (Å²) in [6.45, 7) is 10.4. The maximum absolute atomic E-state index is 5.94. The summed E-state index contributed by atoms with van der Waals surface area (Å²) in [7, 11) is 0. The molecule has 0 heterocycles. The highest BCUT2D eigenvalue weighted by molar-refractivity contribution is 4.80. The van der Waals surface area contributed by atoms with Crippen LogP contribution in [0.3, 0.4) is 0 Å². The van der Waals surface area contributed by atoms with Gasteiger partial charge in [-0.3, -0.25) is 0 Å². The summed E-state index contributed by atoms with van der Waals surface area (Å²) in [6.07, 6.45) is 7.53. The number of hydrogen-bond donors (Lipinski definition) is 2. The summed E-state index contributed by atoms with van der Waals surface area (Å²) in [5, 5.41) is 3.78. The third-order valence-corrected chi connectivity index (χ3v) is 4.30. The SMILES string of the molecule is CCN(CC)CCCC(C)NC1CCC(N)CC1. The van der Waals surface area contributed by atoms with E-state index in [9.17, 15) is 0 Å². The molecule has 1 saturated carbocycles. The lowest BCUT2D eigenvalue weighted by molar-refractivity contribution is 0.277. The van der Waals surface area contributed by atoms with E-state index in [0.29, 0.717) is 18.1 Å². The minimum absolute atomic E-state index is 0.459. The zero-order valence-corrected chi connectivity index (χ0v) is 12.6. The molecule has 0 radical (unpaired) electrons. The molecule has 108 valence electrons. The molecule has 0 aromatic heterocycles. The first-order valence-electron chi connectivity index (χ1n) is 7.89. The van der Waals surface area contributed by atoms with E-state index >= 15 is 0 Å². The Morgan fingerprint density at radius 2 is 1.78 bits per heavy atom. The quantitative estimate of drug-likeness (QED) is 0.699. The van der Waals surface area contributed by atoms with Crippen molar-refractivity contribution in [3.63, 3.8) is 0 Å². The third-order valence-electron chi connectivity index (χ3n) is 4.30. The van der Waals surface area contributed by atoms with Gasteiger partial charge in [0.25, 0.3) is 0 Å². The van der Waals surface area contributed by atoms with Gasteiger partial charge in [0.05, 0.1) is 0 Å². The summed E-state index contributed by atoms with van der Waals surface area (Å²) < 4.78 is 0. The van der Waals surface area contributed by atoms with Gasteiger partial charge >= 0.3 is 0 Å². The Hall–Kier alpha value is -0.120. The molecule has 3 N–H and O–H groups in total. The molecule has 0 bridgehead atoms. The van der Waals surface area contributed by atoms with Crippen molar-refractivity contribution in [2.45, 2.75) is 77.4 Å². The van der Waals surface area contributed by atoms with Crippen LogP contribution in [-0.2, 0) is 0 Å². The lowest BCUT2D eigenvalue weighted by Crippen LogP contribution is -2.41. The molecule has 1 fully saturated rings. The van der Waals surface area contributed by atoms with E-state index in [0.717, 1.165) is 0 Å². The maximum atomic E-state index is 5.94. The lowest BCUT2D eigenvalue weighted by Gasteiger charge is -2.30. The number of hydrogen-bond acceptors (Lipinski definition) is 3. The minimum Gasteiger partial charge on any atom is -0.328 e. The molecule has 1 unspecified atom stereocenters. The van der Waals surface area contributed by atoms with Crippen LogP contribution in [0.1, 0.15) is 59.3 Å². The highest BCUT2D eigenvalue weighted by atomic mass is 15.1. The monoisotopic (exact) mass is 255 g/mol. The maximum Gasteiger partial charge on any atom is 0.00706 e. The topological polar surface area (TPSA) is 41.3 Å². The fourth-order valence-electron chi connectivity index (χ4n) is 2.93. The Kier molecular flexibility index (Phi) is 7.87. The van der Waals surface area contributed by atoms with E-state index in [1.807, 2.05) is 0 Å². The zero-order chi connectivity index (χ0) is 13.4. The Labute approximate surface area is 113 Å². The number of nitrogens with zero attached hydrogens (tertiary/aromatic N) is 1. The van der Waals surface area contributed by atoms with Crippen molar-refractivity contribution in [2.24, 2.45) is 5.73 Å². The Balaban J connectivity index is 2.08. The molecule has 0 spiro atoms. The van der Waals surface area contributed by atoms with Gasteiger partial charge in [-0.15, -0.1) is 0 Å². The van der Waals surface area contributed by atoms with Crippen LogP contribution in [0.2, 0.25) is 0 Å². The summed E-state index contributed by atoms with van der Waals surface area (Å²) in [4.78, 5) is 2.51. The van der Waals surface area contributed by atoms with E-state index in [4.69, 9.17) is 5.73 Å². The zero-order valence-electron chi connectivity index (χ0n) is 12.6. The first-order valence-corrected chi connectivity index (χ1v) is 7.89. The molecule has 1 rings (SSSR count). The van der Waals surface area contributed by atoms with Gasteiger partial charge in [-0.2, -0.15) is 0 Å². The van der Waals surface area contributed by atoms with E-state index in [-0.39, 0.29) is 0 Å². The van der Waals surface area contributed by atoms with Crippen molar-refractivity contribution in [3.8, 4) is 0 Å². The molecule has 0 aromatic rings. The van der Waals surface area contributed by atoms with Gasteiger partial charge in [0.1, 0.15) is 0 Å². The van der Waals surface area contributed by atoms with Gasteiger partial charge < -0.3 is 16.0 Å². The third kappa shape index (κ3) is 6.17. The molecular weight excluding hydrogens is 222 g/mol. The summed E-state index contributed by atoms with van der Waals surface area (Å²) in [6, 6.07) is 1.83. The van der Waals surface area contributed by atoms with Crippen LogP contribution < -0.4 is 11.1 Å². The largest absolute Gasteiger partial charge is 0.328 e. The second kappa shape index (κ2) is 8.89. The number of nitrogens with one attached hydrogen (secondary N) is 1. The average Bonchev–Trinajstić information content (AvgIpc) is 2.37. The van der Waals surface area contributed by atoms with Crippen molar-refractivity contribution < 1.29 is 0 Å². The summed E-state index contributed by atoms with van der Waals surface area (Å²) in [5.74, 6) is 0. The highest BCUT2D eigenvalue weighted by Crippen LogP contribution is 2.17. The number of nitrogens with two attached hydrogens (primary N) is 1. The van der Waals surface area contributed by atoms with Crippen molar-refractivity contribution in [1.29, 1.82) is 0 Å². The van der Waals surface area contributed by atoms with Crippen LogP contribution in [0.25, 0.3) is 0 Å². The Morgan fingerprint density at radius 3 is 2.33 bits per heavy atom. The highest BCUT2D eigenvalue weighted by Gasteiger charge is 2.19. The van der Waals surface area contributed by atoms with Crippen LogP contribution in [-0.4, -0.2) is 42.7 Å². The van der Waals surface area contributed by atoms with Gasteiger partial charge in [0.2, 0.25) is 0 Å². The van der Waals surface area contributed by atoms with Gasteiger partial charge in [0.15, 0.2) is 0 Å². The van der Waals surface area contributed by atoms with Gasteiger partial charge in [0, 0.05) is 18.1 Å². The first kappa shape index (κ1) is 15.9. The van der Waals surface area contributed by atoms with E-state index < -0.39 is 0 Å². The molecule has 3 heteroatoms. The normalized spacial score (nSPS) is 26.5. The van der Waals surface area contributed by atoms with E-state index in [2.05, 4.69) is 31.0 Å². The minimum atomic E-state index is 0.459. The predicted molar refractivity (Wildman–Crippen MR) is 79.9 cm³/mol. The Morgan fingerprint density at radius 1 is 1.17 bits per heavy atom. The molecule has 18 heavy (non-hydrogen) atoms. The van der Waals surface area contributed by atoms with Crippen LogP contribution in [0, 0.1) is 0 Å². The van der Waals surface area contributed by atoms with Crippen LogP contribution in [0.15, 0.2) is 0 Å². The van der Waals surface area contributed by atoms with E-state index in [1.54, 1.807) is 0 Å². The molecule has 1 atom stereocenters. The summed E-state index contributed by atoms with van der Waals surface area (Å²) in [5.41, 5.74) is 5.94. The first-order chi connectivity index (χ1) is 8.65. The average molecular weight is 255 g/mol. The van der Waals surface area contributed by atoms with Gasteiger partial charge in [-0.1, -0.05) is 13.8 Å². The van der Waals surface area contributed by atoms with Crippen LogP contribution >= 0.6 is 0 Å². The van der Waals surface area contributed by atoms with Crippen LogP contribution in [0.4, 0.5) is 0 Å². The van der Waals surface area contributed by atoms with Gasteiger partial charge in [-0.05, 0) is 65.1 Å². The summed E-state index contributed by atoms with van der Waals surface area (Å²) >= 11 is 0. The van der Waals surface area contributed by atoms with Crippen LogP contribution in [0.5, 0.6) is 0 Å². The number of rotatable bonds is 8. The fourth-order valence-corrected chi connectivity index (χ4v) is 2.93. The second-order valence-electron chi connectivity index (χ2n) is 5.85. The van der Waals surface area contributed by atoms with Crippen molar-refractivity contribution in [3.05, 3.63) is 0 Å². The predicted octanol–water partition coefficient (Wildman–Crippen LogP) is 2.36. The molecule has 0 saturated heterocycles. The molecular formula is C15H33N3. The molecule has 1 aliphatic carbocycles. The van der Waals surface area contributed by atoms with Crippen molar-refractivity contribution in [1.82, 2.24) is 10.2 Å². The molecule has 1 aliphatic rings. The smallest absolute Gasteiger partial charge is 0.00706 e. The van der Waals surface area contributed by atoms with Crippen molar-refractivity contribution in [2.75, 3.05) is 19.6 Å². The van der Waals surface area contributed by atoms with Gasteiger partial charge in [-0.25, -0.2) is 0 Å². The lowest BCUT2D eigenvalue weighted by atomic mass is 9.91.